The Morgan fingerprint density at radius 3 is 2.42 bits per heavy atom. The quantitative estimate of drug-likeness (QED) is 0.383. The number of fused-ring (bicyclic) bond motifs is 1. The van der Waals surface area contributed by atoms with Gasteiger partial charge < -0.3 is 19.1 Å². The third-order valence-corrected chi connectivity index (χ3v) is 8.26. The van der Waals surface area contributed by atoms with Crippen LogP contribution >= 0.6 is 0 Å². The molecule has 214 valence electrons. The number of hydrogen-bond donors (Lipinski definition) is 0. The summed E-state index contributed by atoms with van der Waals surface area (Å²) in [4.78, 5) is 20.2. The average Bonchev–Trinajstić information content (AvgIpc) is 3.36. The number of nitrogens with zero attached hydrogens (tertiary/aromatic N) is 6. The van der Waals surface area contributed by atoms with Crippen molar-refractivity contribution in [3.63, 3.8) is 0 Å². The Bertz CT molecular complexity index is 1280. The molecule has 0 amide bonds. The fraction of sp³-hybridized carbons (Fsp3) is 0.533. The fourth-order valence-electron chi connectivity index (χ4n) is 5.89. The maximum Gasteiger partial charge on any atom is 0.345 e. The summed E-state index contributed by atoms with van der Waals surface area (Å²) in [6.07, 6.45) is 3.91. The molecule has 0 unspecified atom stereocenters. The van der Waals surface area contributed by atoms with E-state index in [4.69, 9.17) is 14.2 Å². The van der Waals surface area contributed by atoms with Gasteiger partial charge in [0.15, 0.2) is 11.5 Å². The minimum atomic E-state index is 0.00499. The summed E-state index contributed by atoms with van der Waals surface area (Å²) in [6, 6.07) is 16.1. The van der Waals surface area contributed by atoms with E-state index >= 15 is 0 Å². The summed E-state index contributed by atoms with van der Waals surface area (Å²) >= 11 is 0. The molecule has 3 aromatic rings. The van der Waals surface area contributed by atoms with Crippen molar-refractivity contribution in [2.45, 2.75) is 25.9 Å². The van der Waals surface area contributed by atoms with Crippen molar-refractivity contribution < 1.29 is 14.2 Å². The van der Waals surface area contributed by atoms with Crippen molar-refractivity contribution in [3.05, 3.63) is 65.3 Å². The molecular weight excluding hydrogens is 508 g/mol. The largest absolute Gasteiger partial charge is 0.492 e. The maximum absolute atomic E-state index is 13.0. The number of hydrogen-bond acceptors (Lipinski definition) is 8. The topological polar surface area (TPSA) is 77.2 Å². The van der Waals surface area contributed by atoms with Crippen molar-refractivity contribution >= 4 is 5.69 Å². The number of piperazine rings is 1. The summed E-state index contributed by atoms with van der Waals surface area (Å²) in [5, 5.41) is 4.43. The highest BCUT2D eigenvalue weighted by Gasteiger charge is 2.24. The van der Waals surface area contributed by atoms with Gasteiger partial charge in [-0.3, -0.25) is 14.4 Å². The van der Waals surface area contributed by atoms with Crippen LogP contribution in [0.2, 0.25) is 0 Å². The monoisotopic (exact) mass is 548 g/mol. The van der Waals surface area contributed by atoms with Gasteiger partial charge in [-0.05, 0) is 56.1 Å². The molecule has 10 heteroatoms. The lowest BCUT2D eigenvalue weighted by Gasteiger charge is -2.37. The highest BCUT2D eigenvalue weighted by molar-refractivity contribution is 5.65. The Morgan fingerprint density at radius 2 is 1.60 bits per heavy atom. The zero-order chi connectivity index (χ0) is 27.1. The molecule has 0 saturated carbocycles. The highest BCUT2D eigenvalue weighted by Crippen LogP contribution is 2.39. The van der Waals surface area contributed by atoms with Crippen molar-refractivity contribution in [1.82, 2.24) is 24.1 Å². The van der Waals surface area contributed by atoms with Crippen LogP contribution in [-0.2, 0) is 13.1 Å². The normalized spacial score (nSPS) is 18.6. The molecule has 0 aliphatic carbocycles. The van der Waals surface area contributed by atoms with Gasteiger partial charge in [0.2, 0.25) is 0 Å². The van der Waals surface area contributed by atoms with Crippen molar-refractivity contribution in [3.8, 4) is 17.2 Å². The van der Waals surface area contributed by atoms with Gasteiger partial charge in [-0.1, -0.05) is 24.3 Å². The van der Waals surface area contributed by atoms with Gasteiger partial charge in [0.1, 0.15) is 31.9 Å². The average molecular weight is 549 g/mol. The van der Waals surface area contributed by atoms with Crippen LogP contribution in [0.5, 0.6) is 17.2 Å². The van der Waals surface area contributed by atoms with E-state index < -0.39 is 0 Å². The van der Waals surface area contributed by atoms with Crippen molar-refractivity contribution in [1.29, 1.82) is 0 Å². The van der Waals surface area contributed by atoms with Gasteiger partial charge in [0.05, 0.1) is 12.2 Å². The Balaban J connectivity index is 0.917. The first-order valence-electron chi connectivity index (χ1n) is 14.6. The van der Waals surface area contributed by atoms with E-state index in [9.17, 15) is 4.79 Å². The minimum Gasteiger partial charge on any atom is -0.492 e. The number of piperidine rings is 1. The Kier molecular flexibility index (Phi) is 8.53. The lowest BCUT2D eigenvalue weighted by atomic mass is 9.97. The third-order valence-electron chi connectivity index (χ3n) is 8.26. The van der Waals surface area contributed by atoms with Crippen molar-refractivity contribution in [2.75, 3.05) is 77.1 Å². The standard InChI is InChI=1S/C30H40N6O4/c37-30-35(23-25-9-11-32(12-10-25)19-20-38-26-5-2-1-3-6-26)24-31-36(30)18-15-33-13-16-34(17-14-33)27-7-4-8-28-29(27)40-22-21-39-28/h1-8,24-25H,9-23H2. The molecule has 40 heavy (non-hydrogen) atoms. The van der Waals surface area contributed by atoms with E-state index in [-0.39, 0.29) is 5.69 Å². The second kappa shape index (κ2) is 12.8. The molecule has 3 aliphatic rings. The molecule has 1 aromatic heterocycles. The highest BCUT2D eigenvalue weighted by atomic mass is 16.6. The number of rotatable bonds is 10. The van der Waals surface area contributed by atoms with Crippen LogP contribution in [-0.4, -0.2) is 96.3 Å². The van der Waals surface area contributed by atoms with E-state index in [0.717, 1.165) is 94.7 Å². The van der Waals surface area contributed by atoms with Crippen LogP contribution in [0.4, 0.5) is 5.69 Å². The molecule has 0 radical (unpaired) electrons. The van der Waals surface area contributed by atoms with Gasteiger partial charge in [0, 0.05) is 45.8 Å². The molecule has 2 fully saturated rings. The molecule has 0 bridgehead atoms. The zero-order valence-electron chi connectivity index (χ0n) is 23.2. The van der Waals surface area contributed by atoms with Crippen LogP contribution in [0.3, 0.4) is 0 Å². The smallest absolute Gasteiger partial charge is 0.345 e. The molecule has 0 N–H and O–H groups in total. The van der Waals surface area contributed by atoms with E-state index in [1.165, 1.54) is 0 Å². The predicted molar refractivity (Wildman–Crippen MR) is 154 cm³/mol. The van der Waals surface area contributed by atoms with E-state index in [2.05, 4.69) is 25.9 Å². The molecule has 6 rings (SSSR count). The van der Waals surface area contributed by atoms with Crippen LogP contribution in [0.25, 0.3) is 0 Å². The van der Waals surface area contributed by atoms with Crippen LogP contribution in [0.1, 0.15) is 12.8 Å². The minimum absolute atomic E-state index is 0.00499. The first-order valence-corrected chi connectivity index (χ1v) is 14.6. The summed E-state index contributed by atoms with van der Waals surface area (Å²) in [5.74, 6) is 3.13. The molecule has 3 aliphatic heterocycles. The van der Waals surface area contributed by atoms with E-state index in [0.29, 0.717) is 32.3 Å². The second-order valence-electron chi connectivity index (χ2n) is 10.9. The van der Waals surface area contributed by atoms with Crippen LogP contribution in [0.15, 0.2) is 59.7 Å². The van der Waals surface area contributed by atoms with E-state index in [1.807, 2.05) is 42.5 Å². The number of aromatic nitrogens is 3. The molecular formula is C30H40N6O4. The SMILES string of the molecule is O=c1n(CC2CCN(CCOc3ccccc3)CC2)cnn1CCN1CCN(c2cccc3c2OCCO3)CC1. The van der Waals surface area contributed by atoms with Crippen molar-refractivity contribution in [2.24, 2.45) is 5.92 Å². The number of benzene rings is 2. The van der Waals surface area contributed by atoms with Gasteiger partial charge >= 0.3 is 5.69 Å². The van der Waals surface area contributed by atoms with Crippen LogP contribution in [0, 0.1) is 5.92 Å². The number of anilines is 1. The van der Waals surface area contributed by atoms with Gasteiger partial charge in [0.25, 0.3) is 0 Å². The molecule has 0 spiro atoms. The lowest BCUT2D eigenvalue weighted by molar-refractivity contribution is 0.147. The third kappa shape index (κ3) is 6.45. The molecule has 0 atom stereocenters. The molecule has 2 aromatic carbocycles. The molecule has 4 heterocycles. The molecule has 10 nitrogen and oxygen atoms in total. The van der Waals surface area contributed by atoms with Gasteiger partial charge in [-0.15, -0.1) is 0 Å². The summed E-state index contributed by atoms with van der Waals surface area (Å²) in [5.41, 5.74) is 1.11. The zero-order valence-corrected chi connectivity index (χ0v) is 23.2. The first kappa shape index (κ1) is 26.7. The summed E-state index contributed by atoms with van der Waals surface area (Å²) < 4.78 is 20.9. The number of para-hydroxylation sites is 2. The number of ether oxygens (including phenoxy) is 3. The Labute approximate surface area is 235 Å². The predicted octanol–water partition coefficient (Wildman–Crippen LogP) is 2.43. The number of likely N-dealkylation sites (tertiary alicyclic amines) is 1. The first-order chi connectivity index (χ1) is 19.7. The fourth-order valence-corrected chi connectivity index (χ4v) is 5.89. The summed E-state index contributed by atoms with van der Waals surface area (Å²) in [7, 11) is 0. The Hall–Kier alpha value is -3.50. The second-order valence-corrected chi connectivity index (χ2v) is 10.9. The summed E-state index contributed by atoms with van der Waals surface area (Å²) in [6.45, 7) is 10.8. The van der Waals surface area contributed by atoms with Crippen LogP contribution < -0.4 is 24.8 Å². The Morgan fingerprint density at radius 1 is 0.825 bits per heavy atom. The molecule has 2 saturated heterocycles. The lowest BCUT2D eigenvalue weighted by Crippen LogP contribution is -2.47. The van der Waals surface area contributed by atoms with E-state index in [1.54, 1.807) is 15.6 Å². The maximum atomic E-state index is 13.0. The van der Waals surface area contributed by atoms with Gasteiger partial charge in [-0.25, -0.2) is 9.48 Å². The van der Waals surface area contributed by atoms with Gasteiger partial charge in [-0.2, -0.15) is 5.10 Å².